The lowest BCUT2D eigenvalue weighted by molar-refractivity contribution is -0.137. The van der Waals surface area contributed by atoms with Crippen molar-refractivity contribution in [2.75, 3.05) is 37.8 Å². The molecule has 0 bridgehead atoms. The molecule has 0 unspecified atom stereocenters. The minimum Gasteiger partial charge on any atom is -0.383 e. The molecule has 4 nitrogen and oxygen atoms in total. The van der Waals surface area contributed by atoms with Gasteiger partial charge in [0.25, 0.3) is 5.91 Å². The Morgan fingerprint density at radius 3 is 2.50 bits per heavy atom. The number of hydrogen-bond acceptors (Lipinski definition) is 3. The highest BCUT2D eigenvalue weighted by Gasteiger charge is 2.33. The van der Waals surface area contributed by atoms with Gasteiger partial charge in [0.1, 0.15) is 0 Å². The number of carbonyl (C=O) groups is 1. The maximum absolute atomic E-state index is 12.9. The Kier molecular flexibility index (Phi) is 6.50. The molecule has 0 saturated carbocycles. The standard InChI is InChI=1S/C18H19ClF3N3O/c1-25(2)10-9-23-16-6-4-3-5-13(16)17(26)24-12-7-8-15(19)14(11-12)18(20,21)22/h3-8,11,23H,9-10H2,1-2H3,(H,24,26). The van der Waals surface area contributed by atoms with E-state index in [4.69, 9.17) is 11.6 Å². The summed E-state index contributed by atoms with van der Waals surface area (Å²) in [6.07, 6.45) is -4.59. The fraction of sp³-hybridized carbons (Fsp3) is 0.278. The van der Waals surface area contributed by atoms with Crippen LogP contribution in [-0.4, -0.2) is 38.0 Å². The van der Waals surface area contributed by atoms with Crippen molar-refractivity contribution in [2.45, 2.75) is 6.18 Å². The second kappa shape index (κ2) is 8.42. The SMILES string of the molecule is CN(C)CCNc1ccccc1C(=O)Nc1ccc(Cl)c(C(F)(F)F)c1. The highest BCUT2D eigenvalue weighted by Crippen LogP contribution is 2.36. The van der Waals surface area contributed by atoms with Crippen LogP contribution in [0.4, 0.5) is 24.5 Å². The Morgan fingerprint density at radius 1 is 1.15 bits per heavy atom. The molecule has 0 atom stereocenters. The number of likely N-dealkylation sites (N-methyl/N-ethyl adjacent to an activating group) is 1. The van der Waals surface area contributed by atoms with Gasteiger partial charge in [0.15, 0.2) is 0 Å². The lowest BCUT2D eigenvalue weighted by Crippen LogP contribution is -2.22. The van der Waals surface area contributed by atoms with Crippen molar-refractivity contribution in [3.05, 3.63) is 58.6 Å². The van der Waals surface area contributed by atoms with E-state index in [1.807, 2.05) is 19.0 Å². The molecule has 2 rings (SSSR count). The van der Waals surface area contributed by atoms with E-state index >= 15 is 0 Å². The Labute approximate surface area is 154 Å². The first-order chi connectivity index (χ1) is 12.2. The van der Waals surface area contributed by atoms with Crippen molar-refractivity contribution in [3.63, 3.8) is 0 Å². The fourth-order valence-electron chi connectivity index (χ4n) is 2.27. The number of rotatable bonds is 6. The number of alkyl halides is 3. The number of para-hydroxylation sites is 1. The lowest BCUT2D eigenvalue weighted by Gasteiger charge is -2.15. The number of amides is 1. The average Bonchev–Trinajstić information content (AvgIpc) is 2.55. The third-order valence-electron chi connectivity index (χ3n) is 3.58. The molecule has 0 aliphatic carbocycles. The summed E-state index contributed by atoms with van der Waals surface area (Å²) in [4.78, 5) is 14.5. The van der Waals surface area contributed by atoms with Crippen molar-refractivity contribution in [1.29, 1.82) is 0 Å². The van der Waals surface area contributed by atoms with Crippen LogP contribution >= 0.6 is 11.6 Å². The maximum atomic E-state index is 12.9. The molecule has 0 fully saturated rings. The number of anilines is 2. The number of halogens is 4. The number of carbonyl (C=O) groups excluding carboxylic acids is 1. The molecular formula is C18H19ClF3N3O. The van der Waals surface area contributed by atoms with Crippen molar-refractivity contribution in [1.82, 2.24) is 4.90 Å². The van der Waals surface area contributed by atoms with Gasteiger partial charge in [-0.05, 0) is 44.4 Å². The smallest absolute Gasteiger partial charge is 0.383 e. The summed E-state index contributed by atoms with van der Waals surface area (Å²) < 4.78 is 38.8. The molecule has 2 N–H and O–H groups in total. The summed E-state index contributed by atoms with van der Waals surface area (Å²) in [6, 6.07) is 10.1. The first kappa shape index (κ1) is 20.1. The molecule has 0 aromatic heterocycles. The number of nitrogens with zero attached hydrogens (tertiary/aromatic N) is 1. The van der Waals surface area contributed by atoms with E-state index < -0.39 is 22.7 Å². The summed E-state index contributed by atoms with van der Waals surface area (Å²) in [7, 11) is 3.86. The van der Waals surface area contributed by atoms with E-state index in [9.17, 15) is 18.0 Å². The van der Waals surface area contributed by atoms with E-state index in [1.165, 1.54) is 6.07 Å². The summed E-state index contributed by atoms with van der Waals surface area (Å²) in [5, 5.41) is 5.23. The molecule has 2 aromatic rings. The van der Waals surface area contributed by atoms with Crippen LogP contribution < -0.4 is 10.6 Å². The quantitative estimate of drug-likeness (QED) is 0.764. The number of hydrogen-bond donors (Lipinski definition) is 2. The van der Waals surface area contributed by atoms with Gasteiger partial charge in [-0.25, -0.2) is 0 Å². The van der Waals surface area contributed by atoms with Crippen LogP contribution in [0.3, 0.4) is 0 Å². The van der Waals surface area contributed by atoms with Crippen LogP contribution in [-0.2, 0) is 6.18 Å². The van der Waals surface area contributed by atoms with Crippen LogP contribution in [0.5, 0.6) is 0 Å². The summed E-state index contributed by atoms with van der Waals surface area (Å²) in [5.41, 5.74) is -0.0178. The molecule has 2 aromatic carbocycles. The average molecular weight is 386 g/mol. The molecule has 0 aliphatic rings. The molecular weight excluding hydrogens is 367 g/mol. The Morgan fingerprint density at radius 2 is 1.85 bits per heavy atom. The largest absolute Gasteiger partial charge is 0.417 e. The van der Waals surface area contributed by atoms with Gasteiger partial charge in [-0.1, -0.05) is 23.7 Å². The lowest BCUT2D eigenvalue weighted by atomic mass is 10.1. The summed E-state index contributed by atoms with van der Waals surface area (Å²) in [5.74, 6) is -0.506. The van der Waals surface area contributed by atoms with E-state index in [2.05, 4.69) is 10.6 Å². The zero-order chi connectivity index (χ0) is 19.3. The zero-order valence-electron chi connectivity index (χ0n) is 14.3. The fourth-order valence-corrected chi connectivity index (χ4v) is 2.49. The van der Waals surface area contributed by atoms with Crippen LogP contribution in [0.25, 0.3) is 0 Å². The van der Waals surface area contributed by atoms with Gasteiger partial charge in [-0.3, -0.25) is 4.79 Å². The Balaban J connectivity index is 2.18. The molecule has 0 spiro atoms. The van der Waals surface area contributed by atoms with E-state index in [1.54, 1.807) is 24.3 Å². The van der Waals surface area contributed by atoms with Gasteiger partial charge in [-0.2, -0.15) is 13.2 Å². The maximum Gasteiger partial charge on any atom is 0.417 e. The van der Waals surface area contributed by atoms with Gasteiger partial charge in [-0.15, -0.1) is 0 Å². The predicted octanol–water partition coefficient (Wildman–Crippen LogP) is 4.58. The minimum atomic E-state index is -4.59. The topological polar surface area (TPSA) is 44.4 Å². The summed E-state index contributed by atoms with van der Waals surface area (Å²) in [6.45, 7) is 1.39. The molecule has 0 heterocycles. The van der Waals surface area contributed by atoms with Gasteiger partial charge in [0, 0.05) is 24.5 Å². The van der Waals surface area contributed by atoms with Crippen LogP contribution in [0.15, 0.2) is 42.5 Å². The van der Waals surface area contributed by atoms with Crippen molar-refractivity contribution < 1.29 is 18.0 Å². The highest BCUT2D eigenvalue weighted by atomic mass is 35.5. The number of benzene rings is 2. The minimum absolute atomic E-state index is 0.0230. The van der Waals surface area contributed by atoms with Gasteiger partial charge in [0.2, 0.25) is 0 Å². The third-order valence-corrected chi connectivity index (χ3v) is 3.91. The van der Waals surface area contributed by atoms with E-state index in [-0.39, 0.29) is 5.69 Å². The zero-order valence-corrected chi connectivity index (χ0v) is 15.1. The first-order valence-corrected chi connectivity index (χ1v) is 8.22. The van der Waals surface area contributed by atoms with Crippen molar-refractivity contribution in [3.8, 4) is 0 Å². The Bertz CT molecular complexity index is 779. The third kappa shape index (κ3) is 5.37. The van der Waals surface area contributed by atoms with E-state index in [0.717, 1.165) is 18.7 Å². The van der Waals surface area contributed by atoms with Gasteiger partial charge < -0.3 is 15.5 Å². The van der Waals surface area contributed by atoms with Crippen LogP contribution in [0, 0.1) is 0 Å². The molecule has 140 valence electrons. The number of nitrogens with one attached hydrogen (secondary N) is 2. The van der Waals surface area contributed by atoms with Gasteiger partial charge in [0.05, 0.1) is 16.1 Å². The summed E-state index contributed by atoms with van der Waals surface area (Å²) >= 11 is 5.60. The second-order valence-electron chi connectivity index (χ2n) is 5.92. The van der Waals surface area contributed by atoms with Crippen LogP contribution in [0.1, 0.15) is 15.9 Å². The molecule has 26 heavy (non-hydrogen) atoms. The monoisotopic (exact) mass is 385 g/mol. The molecule has 0 saturated heterocycles. The molecule has 0 aliphatic heterocycles. The van der Waals surface area contributed by atoms with Crippen molar-refractivity contribution >= 4 is 28.9 Å². The predicted molar refractivity (Wildman–Crippen MR) is 97.9 cm³/mol. The normalized spacial score (nSPS) is 11.5. The molecule has 1 amide bonds. The van der Waals surface area contributed by atoms with E-state index in [0.29, 0.717) is 17.8 Å². The van der Waals surface area contributed by atoms with Crippen molar-refractivity contribution in [2.24, 2.45) is 0 Å². The molecule has 8 heteroatoms. The highest BCUT2D eigenvalue weighted by molar-refractivity contribution is 6.31. The Hall–Kier alpha value is -2.25. The second-order valence-corrected chi connectivity index (χ2v) is 6.33. The van der Waals surface area contributed by atoms with Gasteiger partial charge >= 0.3 is 6.18 Å². The first-order valence-electron chi connectivity index (χ1n) is 7.84. The van der Waals surface area contributed by atoms with Crippen LogP contribution in [0.2, 0.25) is 5.02 Å². The molecule has 0 radical (unpaired) electrons.